The zero-order valence-electron chi connectivity index (χ0n) is 12.3. The van der Waals surface area contributed by atoms with Crippen LogP contribution in [-0.4, -0.2) is 49.6 Å². The minimum Gasteiger partial charge on any atom is -0.468 e. The largest absolute Gasteiger partial charge is 0.468 e. The predicted octanol–water partition coefficient (Wildman–Crippen LogP) is 1.03. The van der Waals surface area contributed by atoms with E-state index in [-0.39, 0.29) is 24.5 Å². The predicted molar refractivity (Wildman–Crippen MR) is 71.2 cm³/mol. The number of likely N-dealkylation sites (N-methyl/N-ethyl adjacent to an activating group) is 1. The molecule has 1 amide bonds. The van der Waals surface area contributed by atoms with Gasteiger partial charge in [-0.1, -0.05) is 13.8 Å². The molecule has 0 radical (unpaired) electrons. The fourth-order valence-electron chi connectivity index (χ4n) is 1.50. The van der Waals surface area contributed by atoms with Crippen molar-refractivity contribution in [1.29, 1.82) is 0 Å². The Kier molecular flexibility index (Phi) is 7.59. The van der Waals surface area contributed by atoms with Crippen LogP contribution in [0.5, 0.6) is 0 Å². The lowest BCUT2D eigenvalue weighted by Gasteiger charge is -2.23. The molecule has 0 aromatic rings. The molecule has 0 saturated carbocycles. The Morgan fingerprint density at radius 3 is 2.17 bits per heavy atom. The van der Waals surface area contributed by atoms with Crippen molar-refractivity contribution < 1.29 is 14.3 Å². The quantitative estimate of drug-likeness (QED) is 0.693. The highest BCUT2D eigenvalue weighted by Gasteiger charge is 2.22. The Balaban J connectivity index is 4.34. The summed E-state index contributed by atoms with van der Waals surface area (Å²) >= 11 is 0. The van der Waals surface area contributed by atoms with Gasteiger partial charge in [-0.05, 0) is 26.2 Å². The molecule has 0 aromatic heterocycles. The van der Waals surface area contributed by atoms with E-state index < -0.39 is 6.04 Å². The van der Waals surface area contributed by atoms with E-state index >= 15 is 0 Å². The molecule has 0 aliphatic carbocycles. The van der Waals surface area contributed by atoms with Gasteiger partial charge in [0.2, 0.25) is 5.91 Å². The molecule has 0 aliphatic heterocycles. The maximum Gasteiger partial charge on any atom is 0.322 e. The number of hydrogen-bond donors (Lipinski definition) is 1. The topological polar surface area (TPSA) is 58.6 Å². The zero-order chi connectivity index (χ0) is 14.3. The summed E-state index contributed by atoms with van der Waals surface area (Å²) < 4.78 is 4.73. The number of nitrogens with zero attached hydrogens (tertiary/aromatic N) is 1. The number of amides is 1. The molecule has 0 fully saturated rings. The van der Waals surface area contributed by atoms with E-state index in [1.807, 2.05) is 27.7 Å². The van der Waals surface area contributed by atoms with E-state index in [9.17, 15) is 9.59 Å². The number of esters is 1. The third-order valence-electron chi connectivity index (χ3n) is 2.86. The van der Waals surface area contributed by atoms with E-state index in [4.69, 9.17) is 4.74 Å². The standard InChI is InChI=1S/C13H26N2O3/c1-9(2)7-11(13(17)18-6)14-8-12(16)15(5)10(3)4/h9-11,14H,7-8H2,1-6H3. The van der Waals surface area contributed by atoms with Gasteiger partial charge < -0.3 is 9.64 Å². The van der Waals surface area contributed by atoms with Gasteiger partial charge in [0.1, 0.15) is 6.04 Å². The van der Waals surface area contributed by atoms with Crippen LogP contribution >= 0.6 is 0 Å². The van der Waals surface area contributed by atoms with Crippen LogP contribution in [0.3, 0.4) is 0 Å². The van der Waals surface area contributed by atoms with E-state index in [1.165, 1.54) is 7.11 Å². The number of ether oxygens (including phenoxy) is 1. The minimum atomic E-state index is -0.417. The van der Waals surface area contributed by atoms with Gasteiger partial charge in [-0.2, -0.15) is 0 Å². The highest BCUT2D eigenvalue weighted by Crippen LogP contribution is 2.06. The summed E-state index contributed by atoms with van der Waals surface area (Å²) in [5.41, 5.74) is 0. The summed E-state index contributed by atoms with van der Waals surface area (Å²) in [7, 11) is 3.11. The van der Waals surface area contributed by atoms with Crippen LogP contribution in [0.2, 0.25) is 0 Å². The molecule has 0 heterocycles. The first kappa shape index (κ1) is 16.9. The van der Waals surface area contributed by atoms with Crippen LogP contribution in [0.15, 0.2) is 0 Å². The average molecular weight is 258 g/mol. The maximum atomic E-state index is 11.8. The number of carbonyl (C=O) groups is 2. The maximum absolute atomic E-state index is 11.8. The zero-order valence-corrected chi connectivity index (χ0v) is 12.3. The lowest BCUT2D eigenvalue weighted by Crippen LogP contribution is -2.46. The summed E-state index contributed by atoms with van der Waals surface area (Å²) in [6.07, 6.45) is 0.658. The molecule has 1 atom stereocenters. The van der Waals surface area contributed by atoms with Crippen LogP contribution in [0, 0.1) is 5.92 Å². The summed E-state index contributed by atoms with van der Waals surface area (Å²) in [6, 6.07) is -0.263. The molecule has 0 aromatic carbocycles. The summed E-state index contributed by atoms with van der Waals surface area (Å²) in [4.78, 5) is 25.0. The third kappa shape index (κ3) is 6.00. The van der Waals surface area contributed by atoms with Gasteiger partial charge in [-0.25, -0.2) is 0 Å². The first-order valence-corrected chi connectivity index (χ1v) is 6.36. The molecule has 5 heteroatoms. The minimum absolute atomic E-state index is 0.0253. The van der Waals surface area contributed by atoms with Crippen molar-refractivity contribution in [3.63, 3.8) is 0 Å². The SMILES string of the molecule is COC(=O)C(CC(C)C)NCC(=O)N(C)C(C)C. The Labute approximate surface area is 110 Å². The summed E-state index contributed by atoms with van der Waals surface area (Å²) in [6.45, 7) is 8.11. The molecule has 0 rings (SSSR count). The van der Waals surface area contributed by atoms with E-state index in [1.54, 1.807) is 11.9 Å². The normalized spacial score (nSPS) is 12.7. The van der Waals surface area contributed by atoms with Gasteiger partial charge in [0.15, 0.2) is 0 Å². The molecule has 106 valence electrons. The number of rotatable bonds is 7. The van der Waals surface area contributed by atoms with Crippen LogP contribution in [0.1, 0.15) is 34.1 Å². The molecule has 0 bridgehead atoms. The van der Waals surface area contributed by atoms with Crippen LogP contribution in [0.25, 0.3) is 0 Å². The Morgan fingerprint density at radius 2 is 1.78 bits per heavy atom. The molecule has 18 heavy (non-hydrogen) atoms. The highest BCUT2D eigenvalue weighted by atomic mass is 16.5. The molecule has 0 aliphatic rings. The fourth-order valence-corrected chi connectivity index (χ4v) is 1.50. The van der Waals surface area contributed by atoms with Gasteiger partial charge in [0.25, 0.3) is 0 Å². The van der Waals surface area contributed by atoms with E-state index in [0.717, 1.165) is 0 Å². The molecule has 1 N–H and O–H groups in total. The first-order chi connectivity index (χ1) is 8.29. The van der Waals surface area contributed by atoms with Crippen molar-refractivity contribution in [2.45, 2.75) is 46.2 Å². The van der Waals surface area contributed by atoms with Gasteiger partial charge >= 0.3 is 5.97 Å². The van der Waals surface area contributed by atoms with E-state index in [0.29, 0.717) is 12.3 Å². The fraction of sp³-hybridized carbons (Fsp3) is 0.846. The molecule has 0 saturated heterocycles. The second-order valence-electron chi connectivity index (χ2n) is 5.18. The van der Waals surface area contributed by atoms with Gasteiger partial charge in [-0.3, -0.25) is 14.9 Å². The lowest BCUT2D eigenvalue weighted by atomic mass is 10.0. The van der Waals surface area contributed by atoms with E-state index in [2.05, 4.69) is 5.32 Å². The number of nitrogens with one attached hydrogen (secondary N) is 1. The molecular formula is C13H26N2O3. The Morgan fingerprint density at radius 1 is 1.22 bits per heavy atom. The van der Waals surface area contributed by atoms with Crippen molar-refractivity contribution in [2.75, 3.05) is 20.7 Å². The lowest BCUT2D eigenvalue weighted by molar-refractivity contribution is -0.143. The number of methoxy groups -OCH3 is 1. The van der Waals surface area contributed by atoms with Crippen LogP contribution < -0.4 is 5.32 Å². The molecule has 1 unspecified atom stereocenters. The first-order valence-electron chi connectivity index (χ1n) is 6.36. The average Bonchev–Trinajstić information content (AvgIpc) is 2.31. The second-order valence-corrected chi connectivity index (χ2v) is 5.18. The summed E-state index contributed by atoms with van der Waals surface area (Å²) in [5.74, 6) is 0.0193. The van der Waals surface area contributed by atoms with Crippen molar-refractivity contribution in [3.8, 4) is 0 Å². The molecule has 0 spiro atoms. The van der Waals surface area contributed by atoms with Crippen LogP contribution in [-0.2, 0) is 14.3 Å². The summed E-state index contributed by atoms with van der Waals surface area (Å²) in [5, 5.41) is 2.97. The second kappa shape index (κ2) is 8.08. The van der Waals surface area contributed by atoms with Gasteiger partial charge in [0, 0.05) is 13.1 Å². The number of carbonyl (C=O) groups excluding carboxylic acids is 2. The third-order valence-corrected chi connectivity index (χ3v) is 2.86. The monoisotopic (exact) mass is 258 g/mol. The Bertz CT molecular complexity index is 277. The molecule has 5 nitrogen and oxygen atoms in total. The van der Waals surface area contributed by atoms with Gasteiger partial charge in [-0.15, -0.1) is 0 Å². The van der Waals surface area contributed by atoms with Crippen molar-refractivity contribution in [1.82, 2.24) is 10.2 Å². The van der Waals surface area contributed by atoms with Crippen LogP contribution in [0.4, 0.5) is 0 Å². The smallest absolute Gasteiger partial charge is 0.322 e. The van der Waals surface area contributed by atoms with Crippen molar-refractivity contribution >= 4 is 11.9 Å². The highest BCUT2D eigenvalue weighted by molar-refractivity contribution is 5.80. The van der Waals surface area contributed by atoms with Crippen molar-refractivity contribution in [3.05, 3.63) is 0 Å². The molecular weight excluding hydrogens is 232 g/mol. The van der Waals surface area contributed by atoms with Crippen molar-refractivity contribution in [2.24, 2.45) is 5.92 Å². The Hall–Kier alpha value is -1.10. The number of hydrogen-bond acceptors (Lipinski definition) is 4. The van der Waals surface area contributed by atoms with Gasteiger partial charge in [0.05, 0.1) is 13.7 Å².